The standard InChI is InChI=1S/C15H25NO3/c1-6-19-11(2)10-16-12(3)14-9-13(17-4)7-8-15(14)18-5/h7-9,11-12,16H,6,10H2,1-5H3. The van der Waals surface area contributed by atoms with Crippen LogP contribution in [0.2, 0.25) is 0 Å². The van der Waals surface area contributed by atoms with Crippen LogP contribution in [0.4, 0.5) is 0 Å². The molecule has 0 spiro atoms. The Morgan fingerprint density at radius 2 is 1.89 bits per heavy atom. The van der Waals surface area contributed by atoms with Crippen molar-refractivity contribution in [2.45, 2.75) is 32.9 Å². The number of methoxy groups -OCH3 is 2. The Labute approximate surface area is 116 Å². The first-order valence-electron chi connectivity index (χ1n) is 6.69. The summed E-state index contributed by atoms with van der Waals surface area (Å²) < 4.78 is 16.2. The summed E-state index contributed by atoms with van der Waals surface area (Å²) in [5.74, 6) is 1.70. The SMILES string of the molecule is CCOC(C)CNC(C)c1cc(OC)ccc1OC. The molecule has 0 aliphatic heterocycles. The molecule has 1 N–H and O–H groups in total. The van der Waals surface area contributed by atoms with E-state index in [0.29, 0.717) is 0 Å². The van der Waals surface area contributed by atoms with E-state index in [1.54, 1.807) is 14.2 Å². The molecule has 0 fully saturated rings. The van der Waals surface area contributed by atoms with E-state index in [0.717, 1.165) is 30.2 Å². The molecule has 108 valence electrons. The molecule has 0 bridgehead atoms. The lowest BCUT2D eigenvalue weighted by Crippen LogP contribution is -2.29. The van der Waals surface area contributed by atoms with Gasteiger partial charge in [0.15, 0.2) is 0 Å². The zero-order valence-corrected chi connectivity index (χ0v) is 12.5. The minimum atomic E-state index is 0.174. The number of rotatable bonds is 8. The molecule has 2 unspecified atom stereocenters. The molecule has 0 aromatic heterocycles. The number of benzene rings is 1. The zero-order chi connectivity index (χ0) is 14.3. The molecule has 0 saturated heterocycles. The van der Waals surface area contributed by atoms with Crippen molar-refractivity contribution in [1.29, 1.82) is 0 Å². The van der Waals surface area contributed by atoms with E-state index in [-0.39, 0.29) is 12.1 Å². The van der Waals surface area contributed by atoms with Crippen LogP contribution < -0.4 is 14.8 Å². The Kier molecular flexibility index (Phi) is 6.67. The fraction of sp³-hybridized carbons (Fsp3) is 0.600. The summed E-state index contributed by atoms with van der Waals surface area (Å²) in [5.41, 5.74) is 1.09. The zero-order valence-electron chi connectivity index (χ0n) is 12.5. The average Bonchev–Trinajstić information content (AvgIpc) is 2.44. The second-order valence-corrected chi connectivity index (χ2v) is 4.50. The van der Waals surface area contributed by atoms with E-state index in [2.05, 4.69) is 19.2 Å². The molecule has 4 nitrogen and oxygen atoms in total. The number of hydrogen-bond donors (Lipinski definition) is 1. The second kappa shape index (κ2) is 8.02. The summed E-state index contributed by atoms with van der Waals surface area (Å²) in [5, 5.41) is 3.45. The Hall–Kier alpha value is -1.26. The van der Waals surface area contributed by atoms with Crippen molar-refractivity contribution in [3.8, 4) is 11.5 Å². The van der Waals surface area contributed by atoms with Crippen molar-refractivity contribution in [1.82, 2.24) is 5.32 Å². The summed E-state index contributed by atoms with van der Waals surface area (Å²) in [6.07, 6.45) is 0.198. The summed E-state index contributed by atoms with van der Waals surface area (Å²) in [6, 6.07) is 6.01. The van der Waals surface area contributed by atoms with Gasteiger partial charge in [-0.1, -0.05) is 0 Å². The van der Waals surface area contributed by atoms with Crippen LogP contribution in [0.5, 0.6) is 11.5 Å². The molecule has 0 heterocycles. The van der Waals surface area contributed by atoms with Gasteiger partial charge in [-0.3, -0.25) is 0 Å². The maximum absolute atomic E-state index is 5.51. The van der Waals surface area contributed by atoms with Gasteiger partial charge in [0.1, 0.15) is 11.5 Å². The van der Waals surface area contributed by atoms with Crippen LogP contribution in [0.3, 0.4) is 0 Å². The van der Waals surface area contributed by atoms with Crippen LogP contribution in [0.15, 0.2) is 18.2 Å². The van der Waals surface area contributed by atoms with Gasteiger partial charge in [-0.05, 0) is 39.0 Å². The van der Waals surface area contributed by atoms with E-state index in [9.17, 15) is 0 Å². The van der Waals surface area contributed by atoms with Gasteiger partial charge in [0, 0.05) is 24.8 Å². The molecule has 0 aliphatic rings. The van der Waals surface area contributed by atoms with Crippen LogP contribution in [-0.2, 0) is 4.74 Å². The summed E-state index contributed by atoms with van der Waals surface area (Å²) in [7, 11) is 3.35. The molecular weight excluding hydrogens is 242 g/mol. The van der Waals surface area contributed by atoms with Crippen LogP contribution >= 0.6 is 0 Å². The van der Waals surface area contributed by atoms with E-state index < -0.39 is 0 Å². The number of hydrogen-bond acceptors (Lipinski definition) is 4. The summed E-state index contributed by atoms with van der Waals surface area (Å²) in [6.45, 7) is 7.71. The van der Waals surface area contributed by atoms with Gasteiger partial charge in [-0.25, -0.2) is 0 Å². The molecule has 0 aliphatic carbocycles. The van der Waals surface area contributed by atoms with Crippen molar-refractivity contribution < 1.29 is 14.2 Å². The molecule has 0 amide bonds. The van der Waals surface area contributed by atoms with Gasteiger partial charge < -0.3 is 19.5 Å². The smallest absolute Gasteiger partial charge is 0.123 e. The van der Waals surface area contributed by atoms with Crippen LogP contribution in [0.1, 0.15) is 32.4 Å². The van der Waals surface area contributed by atoms with Crippen LogP contribution in [0, 0.1) is 0 Å². The lowest BCUT2D eigenvalue weighted by atomic mass is 10.1. The molecular formula is C15H25NO3. The molecule has 0 saturated carbocycles. The fourth-order valence-electron chi connectivity index (χ4n) is 1.97. The fourth-order valence-corrected chi connectivity index (χ4v) is 1.97. The maximum Gasteiger partial charge on any atom is 0.123 e. The Morgan fingerprint density at radius 3 is 2.47 bits per heavy atom. The first-order valence-corrected chi connectivity index (χ1v) is 6.69. The second-order valence-electron chi connectivity index (χ2n) is 4.50. The highest BCUT2D eigenvalue weighted by Gasteiger charge is 2.13. The maximum atomic E-state index is 5.51. The molecule has 19 heavy (non-hydrogen) atoms. The van der Waals surface area contributed by atoms with E-state index >= 15 is 0 Å². The number of nitrogens with one attached hydrogen (secondary N) is 1. The Bertz CT molecular complexity index is 382. The van der Waals surface area contributed by atoms with Crippen molar-refractivity contribution in [2.24, 2.45) is 0 Å². The van der Waals surface area contributed by atoms with Crippen LogP contribution in [0.25, 0.3) is 0 Å². The minimum absolute atomic E-state index is 0.174. The first kappa shape index (κ1) is 15.8. The third-order valence-corrected chi connectivity index (χ3v) is 3.07. The van der Waals surface area contributed by atoms with Crippen molar-refractivity contribution in [2.75, 3.05) is 27.4 Å². The van der Waals surface area contributed by atoms with E-state index in [1.165, 1.54) is 0 Å². The highest BCUT2D eigenvalue weighted by molar-refractivity contribution is 5.42. The third kappa shape index (κ3) is 4.73. The van der Waals surface area contributed by atoms with E-state index in [4.69, 9.17) is 14.2 Å². The van der Waals surface area contributed by atoms with Crippen LogP contribution in [-0.4, -0.2) is 33.5 Å². The Balaban J connectivity index is 2.71. The highest BCUT2D eigenvalue weighted by Crippen LogP contribution is 2.29. The quantitative estimate of drug-likeness (QED) is 0.786. The van der Waals surface area contributed by atoms with E-state index in [1.807, 2.05) is 25.1 Å². The van der Waals surface area contributed by atoms with Gasteiger partial charge in [-0.15, -0.1) is 0 Å². The lowest BCUT2D eigenvalue weighted by Gasteiger charge is -2.20. The molecule has 1 rings (SSSR count). The largest absolute Gasteiger partial charge is 0.497 e. The van der Waals surface area contributed by atoms with Gasteiger partial charge >= 0.3 is 0 Å². The van der Waals surface area contributed by atoms with Crippen molar-refractivity contribution >= 4 is 0 Å². The predicted octanol–water partition coefficient (Wildman–Crippen LogP) is 2.78. The highest BCUT2D eigenvalue weighted by atomic mass is 16.5. The molecule has 0 radical (unpaired) electrons. The Morgan fingerprint density at radius 1 is 1.16 bits per heavy atom. The lowest BCUT2D eigenvalue weighted by molar-refractivity contribution is 0.0743. The third-order valence-electron chi connectivity index (χ3n) is 3.07. The summed E-state index contributed by atoms with van der Waals surface area (Å²) >= 11 is 0. The van der Waals surface area contributed by atoms with Crippen molar-refractivity contribution in [3.05, 3.63) is 23.8 Å². The minimum Gasteiger partial charge on any atom is -0.497 e. The van der Waals surface area contributed by atoms with Crippen molar-refractivity contribution in [3.63, 3.8) is 0 Å². The van der Waals surface area contributed by atoms with Gasteiger partial charge in [0.2, 0.25) is 0 Å². The average molecular weight is 267 g/mol. The monoisotopic (exact) mass is 267 g/mol. The van der Waals surface area contributed by atoms with Gasteiger partial charge in [0.25, 0.3) is 0 Å². The predicted molar refractivity (Wildman–Crippen MR) is 77.1 cm³/mol. The molecule has 2 atom stereocenters. The topological polar surface area (TPSA) is 39.7 Å². The molecule has 4 heteroatoms. The van der Waals surface area contributed by atoms with Gasteiger partial charge in [-0.2, -0.15) is 0 Å². The number of ether oxygens (including phenoxy) is 3. The molecule has 1 aromatic carbocycles. The summed E-state index contributed by atoms with van der Waals surface area (Å²) in [4.78, 5) is 0. The molecule has 1 aromatic rings. The van der Waals surface area contributed by atoms with Gasteiger partial charge in [0.05, 0.1) is 20.3 Å². The first-order chi connectivity index (χ1) is 9.12. The normalized spacial score (nSPS) is 13.9.